The third kappa shape index (κ3) is 43.3. The Balaban J connectivity index is 3.87. The molecule has 0 spiro atoms. The van der Waals surface area contributed by atoms with Crippen LogP contribution in [0.15, 0.2) is 24.3 Å². The number of carbonyl (C=O) groups excluding carboxylic acids is 2. The Labute approximate surface area is 332 Å². The summed E-state index contributed by atoms with van der Waals surface area (Å²) in [6.45, 7) is 3.68. The minimum absolute atomic E-state index is 0.208. The van der Waals surface area contributed by atoms with Gasteiger partial charge in [0.25, 0.3) is 0 Å². The zero-order valence-corrected chi connectivity index (χ0v) is 36.0. The molecule has 54 heavy (non-hydrogen) atoms. The van der Waals surface area contributed by atoms with E-state index in [1.807, 2.05) is 0 Å². The summed E-state index contributed by atoms with van der Waals surface area (Å²) in [6, 6.07) is 0. The van der Waals surface area contributed by atoms with Crippen LogP contribution in [0.2, 0.25) is 0 Å². The van der Waals surface area contributed by atoms with Crippen molar-refractivity contribution in [1.82, 2.24) is 0 Å². The van der Waals surface area contributed by atoms with Crippen molar-refractivity contribution in [2.45, 2.75) is 238 Å². The van der Waals surface area contributed by atoms with Gasteiger partial charge in [0.1, 0.15) is 6.61 Å². The van der Waals surface area contributed by atoms with Gasteiger partial charge in [0.05, 0.1) is 6.61 Å². The van der Waals surface area contributed by atoms with E-state index in [0.717, 1.165) is 44.9 Å². The fourth-order valence-corrected chi connectivity index (χ4v) is 6.93. The smallest absolute Gasteiger partial charge is 0.462 e. The summed E-state index contributed by atoms with van der Waals surface area (Å²) in [4.78, 5) is 42.8. The van der Waals surface area contributed by atoms with E-state index in [2.05, 4.69) is 42.7 Å². The average Bonchev–Trinajstić information content (AvgIpc) is 3.14. The first kappa shape index (κ1) is 52.5. The molecule has 8 nitrogen and oxygen atoms in total. The summed E-state index contributed by atoms with van der Waals surface area (Å²) in [5.74, 6) is -0.924. The molecule has 0 aromatic heterocycles. The number of ether oxygens (including phenoxy) is 2. The third-order valence-corrected chi connectivity index (χ3v) is 10.4. The number of rotatable bonds is 42. The van der Waals surface area contributed by atoms with Gasteiger partial charge in [-0.2, -0.15) is 0 Å². The highest BCUT2D eigenvalue weighted by Crippen LogP contribution is 2.36. The maximum atomic E-state index is 12.4. The topological polar surface area (TPSA) is 119 Å². The molecular formula is C45H85O8P. The van der Waals surface area contributed by atoms with Crippen molar-refractivity contribution in [3.63, 3.8) is 0 Å². The van der Waals surface area contributed by atoms with E-state index in [1.54, 1.807) is 0 Å². The van der Waals surface area contributed by atoms with Crippen molar-refractivity contribution < 1.29 is 37.9 Å². The van der Waals surface area contributed by atoms with Crippen LogP contribution in [0.5, 0.6) is 0 Å². The van der Waals surface area contributed by atoms with Crippen LogP contribution in [0, 0.1) is 0 Å². The van der Waals surface area contributed by atoms with Crippen molar-refractivity contribution in [1.29, 1.82) is 0 Å². The molecule has 0 aliphatic carbocycles. The lowest BCUT2D eigenvalue weighted by atomic mass is 10.0. The van der Waals surface area contributed by atoms with Gasteiger partial charge < -0.3 is 19.3 Å². The predicted octanol–water partition coefficient (Wildman–Crippen LogP) is 14.0. The van der Waals surface area contributed by atoms with E-state index in [9.17, 15) is 14.2 Å². The SMILES string of the molecule is CCCCCCCCCCCCCCCC/C=C/CC/C=C/CCCC(=O)OC[C@H](COP(=O)(O)O)OC(=O)CCCCCCCCCCCCCCC. The lowest BCUT2D eigenvalue weighted by molar-refractivity contribution is -0.161. The van der Waals surface area contributed by atoms with Gasteiger partial charge >= 0.3 is 19.8 Å². The molecule has 0 fully saturated rings. The van der Waals surface area contributed by atoms with Crippen LogP contribution in [0.1, 0.15) is 232 Å². The lowest BCUT2D eigenvalue weighted by Crippen LogP contribution is -2.29. The van der Waals surface area contributed by atoms with E-state index in [0.29, 0.717) is 12.8 Å². The Bertz CT molecular complexity index is 931. The molecule has 0 saturated heterocycles. The van der Waals surface area contributed by atoms with Gasteiger partial charge in [-0.05, 0) is 44.9 Å². The zero-order valence-electron chi connectivity index (χ0n) is 35.1. The standard InChI is InChI=1S/C45H85O8P/c1-3-5-7-9-11-13-15-17-18-19-20-21-22-23-24-25-26-28-29-31-33-35-37-39-44(46)51-41-43(42-52-54(48,49)50)53-45(47)40-38-36-34-32-30-27-16-14-12-10-8-6-4-2/h25-26,31,33,43H,3-24,27-30,32,34-42H2,1-2H3,(H2,48,49,50)/b26-25+,33-31+/t43-/m1/s1. The molecule has 2 N–H and O–H groups in total. The monoisotopic (exact) mass is 785 g/mol. The molecule has 0 aliphatic rings. The van der Waals surface area contributed by atoms with Crippen LogP contribution in [0.25, 0.3) is 0 Å². The molecule has 0 heterocycles. The number of unbranched alkanes of at least 4 members (excludes halogenated alkanes) is 28. The molecule has 318 valence electrons. The quantitative estimate of drug-likeness (QED) is 0.0272. The maximum Gasteiger partial charge on any atom is 0.469 e. The Morgan fingerprint density at radius 1 is 0.463 bits per heavy atom. The number of phosphoric acid groups is 1. The minimum Gasteiger partial charge on any atom is -0.462 e. The number of carbonyl (C=O) groups is 2. The van der Waals surface area contributed by atoms with Gasteiger partial charge in [0.15, 0.2) is 6.10 Å². The summed E-state index contributed by atoms with van der Waals surface area (Å²) in [6.07, 6.45) is 47.8. The molecule has 0 saturated carbocycles. The third-order valence-electron chi connectivity index (χ3n) is 9.95. The highest BCUT2D eigenvalue weighted by molar-refractivity contribution is 7.46. The molecule has 0 bridgehead atoms. The molecular weight excluding hydrogens is 699 g/mol. The first-order valence-corrected chi connectivity index (χ1v) is 24.2. The van der Waals surface area contributed by atoms with Gasteiger partial charge in [0, 0.05) is 12.8 Å². The van der Waals surface area contributed by atoms with Gasteiger partial charge in [-0.1, -0.05) is 199 Å². The van der Waals surface area contributed by atoms with Gasteiger partial charge in [-0.3, -0.25) is 14.1 Å². The van der Waals surface area contributed by atoms with E-state index in [4.69, 9.17) is 19.3 Å². The molecule has 1 atom stereocenters. The fraction of sp³-hybridized carbons (Fsp3) is 0.867. The second-order valence-corrected chi connectivity index (χ2v) is 16.6. The molecule has 0 aromatic carbocycles. The highest BCUT2D eigenvalue weighted by atomic mass is 31.2. The summed E-state index contributed by atoms with van der Waals surface area (Å²) in [5, 5.41) is 0. The van der Waals surface area contributed by atoms with Crippen molar-refractivity contribution >= 4 is 19.8 Å². The Morgan fingerprint density at radius 2 is 0.815 bits per heavy atom. The number of hydrogen-bond acceptors (Lipinski definition) is 6. The maximum absolute atomic E-state index is 12.4. The van der Waals surface area contributed by atoms with Gasteiger partial charge in [-0.25, -0.2) is 4.57 Å². The molecule has 0 unspecified atom stereocenters. The van der Waals surface area contributed by atoms with Gasteiger partial charge in [-0.15, -0.1) is 0 Å². The van der Waals surface area contributed by atoms with Crippen molar-refractivity contribution in [3.8, 4) is 0 Å². The number of phosphoric ester groups is 1. The normalized spacial score (nSPS) is 12.6. The average molecular weight is 785 g/mol. The van der Waals surface area contributed by atoms with E-state index in [1.165, 1.54) is 148 Å². The van der Waals surface area contributed by atoms with Crippen molar-refractivity contribution in [2.75, 3.05) is 13.2 Å². The van der Waals surface area contributed by atoms with E-state index < -0.39 is 32.5 Å². The Kier molecular flexibility index (Phi) is 40.1. The second-order valence-electron chi connectivity index (χ2n) is 15.4. The summed E-state index contributed by atoms with van der Waals surface area (Å²) in [5.41, 5.74) is 0. The van der Waals surface area contributed by atoms with E-state index in [-0.39, 0.29) is 19.4 Å². The predicted molar refractivity (Wildman–Crippen MR) is 225 cm³/mol. The largest absolute Gasteiger partial charge is 0.469 e. The Morgan fingerprint density at radius 3 is 1.24 bits per heavy atom. The highest BCUT2D eigenvalue weighted by Gasteiger charge is 2.22. The lowest BCUT2D eigenvalue weighted by Gasteiger charge is -2.18. The fourth-order valence-electron chi connectivity index (χ4n) is 6.57. The first-order chi connectivity index (χ1) is 26.3. The minimum atomic E-state index is -4.76. The van der Waals surface area contributed by atoms with Crippen LogP contribution >= 0.6 is 7.82 Å². The van der Waals surface area contributed by atoms with Gasteiger partial charge in [0.2, 0.25) is 0 Å². The molecule has 0 rings (SSSR count). The summed E-state index contributed by atoms with van der Waals surface area (Å²) >= 11 is 0. The van der Waals surface area contributed by atoms with E-state index >= 15 is 0 Å². The van der Waals surface area contributed by atoms with Crippen LogP contribution < -0.4 is 0 Å². The van der Waals surface area contributed by atoms with Crippen LogP contribution in [-0.4, -0.2) is 41.0 Å². The first-order valence-electron chi connectivity index (χ1n) is 22.6. The molecule has 0 amide bonds. The summed E-state index contributed by atoms with van der Waals surface area (Å²) < 4.78 is 26.4. The molecule has 9 heteroatoms. The zero-order chi connectivity index (χ0) is 39.6. The molecule has 0 aliphatic heterocycles. The number of esters is 2. The number of hydrogen-bond donors (Lipinski definition) is 2. The van der Waals surface area contributed by atoms with Crippen molar-refractivity contribution in [3.05, 3.63) is 24.3 Å². The van der Waals surface area contributed by atoms with Crippen molar-refractivity contribution in [2.24, 2.45) is 0 Å². The van der Waals surface area contributed by atoms with Crippen LogP contribution in [0.4, 0.5) is 0 Å². The molecule has 0 radical (unpaired) electrons. The second kappa shape index (κ2) is 41.2. The molecule has 0 aromatic rings. The summed E-state index contributed by atoms with van der Waals surface area (Å²) in [7, 11) is -4.76. The van der Waals surface area contributed by atoms with Crippen LogP contribution in [0.3, 0.4) is 0 Å². The van der Waals surface area contributed by atoms with Crippen LogP contribution in [-0.2, 0) is 28.2 Å². The number of allylic oxidation sites excluding steroid dienone is 4. The Hall–Kier alpha value is -1.47.